The van der Waals surface area contributed by atoms with Crippen LogP contribution in [-0.4, -0.2) is 22.3 Å². The molecule has 0 aliphatic rings. The number of nitrogens with zero attached hydrogens (tertiary/aromatic N) is 4. The second-order valence-electron chi connectivity index (χ2n) is 6.99. The molecule has 1 heterocycles. The van der Waals surface area contributed by atoms with E-state index in [0.29, 0.717) is 33.1 Å². The molecule has 0 aliphatic heterocycles. The number of hydrogen-bond acceptors (Lipinski definition) is 7. The van der Waals surface area contributed by atoms with Crippen molar-refractivity contribution < 1.29 is 13.9 Å². The zero-order valence-corrected chi connectivity index (χ0v) is 18.5. The number of anilines is 1. The molecular formula is C23H20ClN5O3. The van der Waals surface area contributed by atoms with Gasteiger partial charge in [0.1, 0.15) is 12.1 Å². The zero-order chi connectivity index (χ0) is 23.3. The van der Waals surface area contributed by atoms with E-state index < -0.39 is 12.1 Å². The van der Waals surface area contributed by atoms with Crippen LogP contribution in [0.25, 0.3) is 16.3 Å². The molecule has 0 aliphatic carbocycles. The third-order valence-corrected chi connectivity index (χ3v) is 5.32. The number of nitrogens with one attached hydrogen (secondary N) is 1. The highest BCUT2D eigenvalue weighted by Gasteiger charge is 2.29. The first-order valence-corrected chi connectivity index (χ1v) is 10.2. The average molecular weight is 450 g/mol. The van der Waals surface area contributed by atoms with Crippen LogP contribution >= 0.6 is 11.6 Å². The molecule has 8 nitrogen and oxygen atoms in total. The number of rotatable bonds is 7. The molecule has 0 bridgehead atoms. The van der Waals surface area contributed by atoms with E-state index in [4.69, 9.17) is 32.6 Å². The zero-order valence-electron chi connectivity index (χ0n) is 17.7. The minimum atomic E-state index is -0.668. The van der Waals surface area contributed by atoms with Gasteiger partial charge >= 0.3 is 5.97 Å². The van der Waals surface area contributed by atoms with Gasteiger partial charge in [0.05, 0.1) is 23.2 Å². The van der Waals surface area contributed by atoms with E-state index in [1.807, 2.05) is 0 Å². The molecule has 3 aromatic rings. The monoisotopic (exact) mass is 449 g/mol. The lowest BCUT2D eigenvalue weighted by atomic mass is 10.1. The van der Waals surface area contributed by atoms with Crippen molar-refractivity contribution in [1.82, 2.24) is 10.2 Å². The Kier molecular flexibility index (Phi) is 7.09. The first-order chi connectivity index (χ1) is 15.4. The Morgan fingerprint density at radius 3 is 2.66 bits per heavy atom. The molecule has 162 valence electrons. The number of benzene rings is 2. The molecular weight excluding hydrogens is 430 g/mol. The second kappa shape index (κ2) is 9.95. The molecule has 3 rings (SSSR count). The van der Waals surface area contributed by atoms with Crippen molar-refractivity contribution in [2.75, 3.05) is 5.32 Å². The lowest BCUT2D eigenvalue weighted by Gasteiger charge is -2.24. The highest BCUT2D eigenvalue weighted by atomic mass is 35.5. The predicted octanol–water partition coefficient (Wildman–Crippen LogP) is 5.62. The van der Waals surface area contributed by atoms with Gasteiger partial charge in [0, 0.05) is 17.7 Å². The summed E-state index contributed by atoms with van der Waals surface area (Å²) >= 11 is 6.31. The van der Waals surface area contributed by atoms with Gasteiger partial charge in [0.15, 0.2) is 0 Å². The number of nitriles is 1. The van der Waals surface area contributed by atoms with Crippen LogP contribution in [0.4, 0.5) is 11.4 Å². The quantitative estimate of drug-likeness (QED) is 0.368. The minimum Gasteiger partial charge on any atom is -0.460 e. The number of esters is 1. The predicted molar refractivity (Wildman–Crippen MR) is 119 cm³/mol. The topological polar surface area (TPSA) is 105 Å². The van der Waals surface area contributed by atoms with Gasteiger partial charge in [-0.2, -0.15) is 5.26 Å². The Balaban J connectivity index is 1.96. The van der Waals surface area contributed by atoms with Crippen LogP contribution in [0, 0.1) is 24.8 Å². The Hall–Kier alpha value is -3.88. The molecule has 0 spiro atoms. The summed E-state index contributed by atoms with van der Waals surface area (Å²) in [6, 6.07) is 11.5. The van der Waals surface area contributed by atoms with Gasteiger partial charge in [-0.05, 0) is 49.7 Å². The first kappa shape index (κ1) is 22.8. The van der Waals surface area contributed by atoms with Gasteiger partial charge in [-0.1, -0.05) is 24.6 Å². The van der Waals surface area contributed by atoms with Crippen LogP contribution < -0.4 is 5.32 Å². The van der Waals surface area contributed by atoms with E-state index in [-0.39, 0.29) is 24.2 Å². The highest BCUT2D eigenvalue weighted by molar-refractivity contribution is 6.34. The summed E-state index contributed by atoms with van der Waals surface area (Å²) in [6.07, 6.45) is -0.419. The van der Waals surface area contributed by atoms with Crippen molar-refractivity contribution >= 4 is 28.9 Å². The van der Waals surface area contributed by atoms with Crippen LogP contribution in [0.3, 0.4) is 0 Å². The van der Waals surface area contributed by atoms with Crippen molar-refractivity contribution in [1.29, 1.82) is 5.26 Å². The third kappa shape index (κ3) is 4.88. The fourth-order valence-corrected chi connectivity index (χ4v) is 3.19. The summed E-state index contributed by atoms with van der Waals surface area (Å²) in [4.78, 5) is 15.3. The Morgan fingerprint density at radius 1 is 1.31 bits per heavy atom. The van der Waals surface area contributed by atoms with Crippen molar-refractivity contribution in [2.45, 2.75) is 39.3 Å². The number of halogens is 1. The maximum atomic E-state index is 11.9. The molecule has 32 heavy (non-hydrogen) atoms. The standard InChI is InChI=1S/C23H20ClN5O3/c1-5-19(30)31-14(3)21(27-17-10-11-18(26-4)20(24)13(17)2)23-29-28-22(32-23)16-8-6-15(12-25)7-9-16/h6-11,14,21,27H,5H2,1-3H3/t14-,21+/m0/s1. The lowest BCUT2D eigenvalue weighted by molar-refractivity contribution is -0.148. The number of carbonyl (C=O) groups is 1. The van der Waals surface area contributed by atoms with Gasteiger partial charge in [-0.25, -0.2) is 4.85 Å². The van der Waals surface area contributed by atoms with Crippen LogP contribution in [0.15, 0.2) is 40.8 Å². The third-order valence-electron chi connectivity index (χ3n) is 4.84. The van der Waals surface area contributed by atoms with Gasteiger partial charge in [-0.3, -0.25) is 4.79 Å². The largest absolute Gasteiger partial charge is 0.460 e. The van der Waals surface area contributed by atoms with E-state index in [1.165, 1.54) is 0 Å². The van der Waals surface area contributed by atoms with Crippen LogP contribution in [0.1, 0.15) is 43.3 Å². The summed E-state index contributed by atoms with van der Waals surface area (Å²) in [5.74, 6) is 0.114. The van der Waals surface area contributed by atoms with E-state index in [9.17, 15) is 4.79 Å². The van der Waals surface area contributed by atoms with E-state index >= 15 is 0 Å². The molecule has 0 unspecified atom stereocenters. The number of hydrogen-bond donors (Lipinski definition) is 1. The number of aromatic nitrogens is 2. The molecule has 0 saturated carbocycles. The maximum Gasteiger partial charge on any atom is 0.305 e. The van der Waals surface area contributed by atoms with E-state index in [2.05, 4.69) is 26.4 Å². The molecule has 1 aromatic heterocycles. The molecule has 0 radical (unpaired) electrons. The smallest absolute Gasteiger partial charge is 0.305 e. The summed E-state index contributed by atoms with van der Waals surface area (Å²) in [5.41, 5.74) is 2.83. The van der Waals surface area contributed by atoms with Crippen LogP contribution in [0.5, 0.6) is 0 Å². The molecule has 0 fully saturated rings. The van der Waals surface area contributed by atoms with Crippen molar-refractivity contribution in [3.8, 4) is 17.5 Å². The Labute approximate surface area is 190 Å². The molecule has 1 N–H and O–H groups in total. The molecule has 9 heteroatoms. The maximum absolute atomic E-state index is 11.9. The van der Waals surface area contributed by atoms with E-state index in [0.717, 1.165) is 0 Å². The normalized spacial score (nSPS) is 12.3. The van der Waals surface area contributed by atoms with Gasteiger partial charge in [-0.15, -0.1) is 10.2 Å². The number of ether oxygens (including phenoxy) is 1. The summed E-state index contributed by atoms with van der Waals surface area (Å²) in [5, 5.41) is 20.8. The minimum absolute atomic E-state index is 0.213. The SMILES string of the molecule is [C-]#[N+]c1ccc(N[C@@H](c2nnc(-c3ccc(C#N)cc3)o2)[C@H](C)OC(=O)CC)c(C)c1Cl. The molecule has 0 saturated heterocycles. The number of carbonyl (C=O) groups excluding carboxylic acids is 1. The fraction of sp³-hybridized carbons (Fsp3) is 0.261. The molecule has 0 amide bonds. The van der Waals surface area contributed by atoms with Gasteiger partial charge < -0.3 is 14.5 Å². The van der Waals surface area contributed by atoms with Crippen molar-refractivity contribution in [3.05, 3.63) is 69.9 Å². The fourth-order valence-electron chi connectivity index (χ4n) is 2.98. The highest BCUT2D eigenvalue weighted by Crippen LogP contribution is 2.35. The summed E-state index contributed by atoms with van der Waals surface area (Å²) < 4.78 is 11.4. The second-order valence-corrected chi connectivity index (χ2v) is 7.37. The van der Waals surface area contributed by atoms with Crippen molar-refractivity contribution in [2.24, 2.45) is 0 Å². The Morgan fingerprint density at radius 2 is 2.03 bits per heavy atom. The van der Waals surface area contributed by atoms with Crippen LogP contribution in [0.2, 0.25) is 5.02 Å². The molecule has 2 aromatic carbocycles. The summed E-state index contributed by atoms with van der Waals surface area (Å²) in [7, 11) is 0. The Bertz CT molecular complexity index is 1210. The van der Waals surface area contributed by atoms with Crippen molar-refractivity contribution in [3.63, 3.8) is 0 Å². The van der Waals surface area contributed by atoms with Gasteiger partial charge in [0.25, 0.3) is 0 Å². The lowest BCUT2D eigenvalue weighted by Crippen LogP contribution is -2.28. The summed E-state index contributed by atoms with van der Waals surface area (Å²) in [6.45, 7) is 12.4. The molecule has 2 atom stereocenters. The average Bonchev–Trinajstić information content (AvgIpc) is 3.29. The van der Waals surface area contributed by atoms with Gasteiger partial charge in [0.2, 0.25) is 17.5 Å². The first-order valence-electron chi connectivity index (χ1n) is 9.84. The van der Waals surface area contributed by atoms with Crippen LogP contribution in [-0.2, 0) is 9.53 Å². The van der Waals surface area contributed by atoms with E-state index in [1.54, 1.807) is 57.2 Å².